The number of ether oxygens (including phenoxy) is 1. The minimum atomic E-state index is -4.69. The first-order chi connectivity index (χ1) is 13.0. The monoisotopic (exact) mass is 414 g/mol. The van der Waals surface area contributed by atoms with Crippen molar-refractivity contribution in [2.24, 2.45) is 0 Å². The van der Waals surface area contributed by atoms with E-state index in [1.807, 2.05) is 0 Å². The minimum absolute atomic E-state index is 0.124. The number of benzene rings is 2. The zero-order valence-corrected chi connectivity index (χ0v) is 15.8. The van der Waals surface area contributed by atoms with Gasteiger partial charge < -0.3 is 9.64 Å². The number of fused-ring (bicyclic) bond motifs is 1. The number of rotatable bonds is 4. The van der Waals surface area contributed by atoms with Gasteiger partial charge in [-0.2, -0.15) is 13.2 Å². The quantitative estimate of drug-likeness (QED) is 0.832. The van der Waals surface area contributed by atoms with Crippen molar-refractivity contribution in [3.05, 3.63) is 47.5 Å². The van der Waals surface area contributed by atoms with Gasteiger partial charge in [0.15, 0.2) is 0 Å². The fourth-order valence-corrected chi connectivity index (χ4v) is 4.31. The molecule has 2 aromatic rings. The molecule has 28 heavy (non-hydrogen) atoms. The molecule has 0 bridgehead atoms. The lowest BCUT2D eigenvalue weighted by Crippen LogP contribution is -2.25. The van der Waals surface area contributed by atoms with Crippen LogP contribution in [0, 0.1) is 0 Å². The van der Waals surface area contributed by atoms with E-state index >= 15 is 0 Å². The van der Waals surface area contributed by atoms with E-state index in [4.69, 9.17) is 4.74 Å². The number of methoxy groups -OCH3 is 1. The number of hydrogen-bond acceptors (Lipinski definition) is 4. The number of nitrogens with one attached hydrogen (secondary N) is 1. The Morgan fingerprint density at radius 2 is 1.89 bits per heavy atom. The molecule has 150 valence electrons. The molecule has 0 radical (unpaired) electrons. The molecule has 0 spiro atoms. The van der Waals surface area contributed by atoms with Crippen LogP contribution in [-0.4, -0.2) is 28.0 Å². The maximum atomic E-state index is 13.0. The summed E-state index contributed by atoms with van der Waals surface area (Å²) >= 11 is 0. The summed E-state index contributed by atoms with van der Waals surface area (Å²) in [6, 6.07) is 6.87. The second-order valence-corrected chi connectivity index (χ2v) is 7.88. The molecule has 1 heterocycles. The van der Waals surface area contributed by atoms with Crippen LogP contribution in [0.15, 0.2) is 41.3 Å². The van der Waals surface area contributed by atoms with Gasteiger partial charge in [-0.3, -0.25) is 9.52 Å². The summed E-state index contributed by atoms with van der Waals surface area (Å²) < 4.78 is 71.6. The maximum absolute atomic E-state index is 13.0. The lowest BCUT2D eigenvalue weighted by molar-refractivity contribution is -0.137. The van der Waals surface area contributed by atoms with Crippen LogP contribution in [0.2, 0.25) is 0 Å². The van der Waals surface area contributed by atoms with Crippen LogP contribution in [0.25, 0.3) is 0 Å². The molecule has 3 rings (SSSR count). The molecular formula is C18H17F3N2O4S. The average Bonchev–Trinajstić information content (AvgIpc) is 3.03. The summed E-state index contributed by atoms with van der Waals surface area (Å²) in [5.74, 6) is -0.329. The van der Waals surface area contributed by atoms with Crippen LogP contribution in [0.1, 0.15) is 18.1 Å². The van der Waals surface area contributed by atoms with Gasteiger partial charge in [0, 0.05) is 24.8 Å². The zero-order valence-electron chi connectivity index (χ0n) is 15.0. The van der Waals surface area contributed by atoms with Gasteiger partial charge in [-0.15, -0.1) is 0 Å². The van der Waals surface area contributed by atoms with Crippen LogP contribution < -0.4 is 14.4 Å². The van der Waals surface area contributed by atoms with Gasteiger partial charge >= 0.3 is 6.18 Å². The molecule has 6 nitrogen and oxygen atoms in total. The number of anilines is 2. The molecule has 0 saturated heterocycles. The molecule has 10 heteroatoms. The van der Waals surface area contributed by atoms with Gasteiger partial charge in [-0.25, -0.2) is 8.42 Å². The SMILES string of the molecule is COc1ccc(C(F)(F)F)cc1S(=O)(=O)Nc1ccc2c(c1)CCN2C(C)=O. The lowest BCUT2D eigenvalue weighted by Gasteiger charge is -2.16. The van der Waals surface area contributed by atoms with Crippen LogP contribution >= 0.6 is 0 Å². The van der Waals surface area contributed by atoms with E-state index < -0.39 is 26.7 Å². The molecule has 0 aliphatic carbocycles. The van der Waals surface area contributed by atoms with Gasteiger partial charge in [0.05, 0.1) is 12.7 Å². The number of carbonyl (C=O) groups is 1. The Hall–Kier alpha value is -2.75. The van der Waals surface area contributed by atoms with Crippen molar-refractivity contribution in [3.63, 3.8) is 0 Å². The molecule has 1 N–H and O–H groups in total. The number of amides is 1. The highest BCUT2D eigenvalue weighted by Gasteiger charge is 2.33. The first-order valence-corrected chi connectivity index (χ1v) is 9.70. The molecule has 0 unspecified atom stereocenters. The van der Waals surface area contributed by atoms with Crippen molar-refractivity contribution in [1.82, 2.24) is 0 Å². The topological polar surface area (TPSA) is 75.7 Å². The minimum Gasteiger partial charge on any atom is -0.495 e. The number of hydrogen-bond donors (Lipinski definition) is 1. The summed E-state index contributed by atoms with van der Waals surface area (Å²) in [5.41, 5.74) is 0.543. The maximum Gasteiger partial charge on any atom is 0.416 e. The van der Waals surface area contributed by atoms with Gasteiger partial charge in [-0.1, -0.05) is 0 Å². The van der Waals surface area contributed by atoms with E-state index in [-0.39, 0.29) is 17.3 Å². The van der Waals surface area contributed by atoms with E-state index in [0.29, 0.717) is 24.7 Å². The van der Waals surface area contributed by atoms with Crippen LogP contribution in [0.3, 0.4) is 0 Å². The zero-order chi connectivity index (χ0) is 20.7. The Kier molecular flexibility index (Phi) is 5.00. The molecule has 1 aliphatic heterocycles. The van der Waals surface area contributed by atoms with E-state index in [1.165, 1.54) is 20.1 Å². The van der Waals surface area contributed by atoms with Crippen molar-refractivity contribution in [2.75, 3.05) is 23.3 Å². The van der Waals surface area contributed by atoms with Crippen molar-refractivity contribution >= 4 is 27.3 Å². The molecule has 1 amide bonds. The third-order valence-corrected chi connectivity index (χ3v) is 5.79. The van der Waals surface area contributed by atoms with Gasteiger partial charge in [0.25, 0.3) is 10.0 Å². The standard InChI is InChI=1S/C18H17F3N2O4S/c1-11(24)23-8-7-12-9-14(4-5-15(12)23)22-28(25,26)17-10-13(18(19,20)21)3-6-16(17)27-2/h3-6,9-10,22H,7-8H2,1-2H3. The highest BCUT2D eigenvalue weighted by molar-refractivity contribution is 7.92. The molecule has 1 aliphatic rings. The highest BCUT2D eigenvalue weighted by Crippen LogP contribution is 2.36. The summed E-state index contributed by atoms with van der Waals surface area (Å²) in [4.78, 5) is 12.6. The van der Waals surface area contributed by atoms with Gasteiger partial charge in [-0.05, 0) is 48.4 Å². The smallest absolute Gasteiger partial charge is 0.416 e. The molecule has 0 atom stereocenters. The molecule has 0 saturated carbocycles. The predicted octanol–water partition coefficient (Wildman–Crippen LogP) is 3.42. The Labute approximate surface area is 160 Å². The fraction of sp³-hybridized carbons (Fsp3) is 0.278. The number of carbonyl (C=O) groups excluding carboxylic acids is 1. The van der Waals surface area contributed by atoms with Crippen molar-refractivity contribution in [3.8, 4) is 5.75 Å². The highest BCUT2D eigenvalue weighted by atomic mass is 32.2. The normalized spacial score (nSPS) is 14.0. The Balaban J connectivity index is 1.96. The summed E-state index contributed by atoms with van der Waals surface area (Å²) in [7, 11) is -3.17. The molecule has 2 aromatic carbocycles. The molecule has 0 aromatic heterocycles. The third-order valence-electron chi connectivity index (χ3n) is 4.39. The Morgan fingerprint density at radius 3 is 2.50 bits per heavy atom. The largest absolute Gasteiger partial charge is 0.495 e. The second-order valence-electron chi connectivity index (χ2n) is 6.23. The summed E-state index contributed by atoms with van der Waals surface area (Å²) in [6.07, 6.45) is -4.14. The average molecular weight is 414 g/mol. The van der Waals surface area contributed by atoms with Crippen molar-refractivity contribution in [2.45, 2.75) is 24.4 Å². The fourth-order valence-electron chi connectivity index (χ4n) is 3.07. The van der Waals surface area contributed by atoms with E-state index in [2.05, 4.69) is 4.72 Å². The van der Waals surface area contributed by atoms with Gasteiger partial charge in [0.2, 0.25) is 5.91 Å². The number of alkyl halides is 3. The summed E-state index contributed by atoms with van der Waals surface area (Å²) in [6.45, 7) is 1.92. The number of sulfonamides is 1. The summed E-state index contributed by atoms with van der Waals surface area (Å²) in [5, 5.41) is 0. The Morgan fingerprint density at radius 1 is 1.18 bits per heavy atom. The lowest BCUT2D eigenvalue weighted by atomic mass is 10.1. The first kappa shape index (κ1) is 20.0. The van der Waals surface area contributed by atoms with E-state index in [1.54, 1.807) is 17.0 Å². The van der Waals surface area contributed by atoms with Crippen molar-refractivity contribution < 1.29 is 31.1 Å². The molecule has 0 fully saturated rings. The van der Waals surface area contributed by atoms with Crippen LogP contribution in [-0.2, 0) is 27.4 Å². The Bertz CT molecular complexity index is 1040. The van der Waals surface area contributed by atoms with Gasteiger partial charge in [0.1, 0.15) is 10.6 Å². The second kappa shape index (κ2) is 7.01. The van der Waals surface area contributed by atoms with E-state index in [9.17, 15) is 26.4 Å². The van der Waals surface area contributed by atoms with Crippen LogP contribution in [0.4, 0.5) is 24.5 Å². The number of nitrogens with zero attached hydrogens (tertiary/aromatic N) is 1. The third kappa shape index (κ3) is 3.77. The van der Waals surface area contributed by atoms with E-state index in [0.717, 1.165) is 17.7 Å². The predicted molar refractivity (Wildman–Crippen MR) is 97.0 cm³/mol. The van der Waals surface area contributed by atoms with Crippen LogP contribution in [0.5, 0.6) is 5.75 Å². The first-order valence-electron chi connectivity index (χ1n) is 8.22. The van der Waals surface area contributed by atoms with Crippen molar-refractivity contribution in [1.29, 1.82) is 0 Å². The molecular weight excluding hydrogens is 397 g/mol. The number of halogens is 3.